The summed E-state index contributed by atoms with van der Waals surface area (Å²) in [5.74, 6) is -0.309. The lowest BCUT2D eigenvalue weighted by molar-refractivity contribution is -0.115. The van der Waals surface area contributed by atoms with Crippen LogP contribution >= 0.6 is 39.1 Å². The second kappa shape index (κ2) is 2.33. The standard InChI is InChI=1S/C3H3BrCl2O/c1-2(7)3(4,5)6/h1H3. The van der Waals surface area contributed by atoms with Gasteiger partial charge in [0.25, 0.3) is 0 Å². The van der Waals surface area contributed by atoms with E-state index in [9.17, 15) is 4.79 Å². The van der Waals surface area contributed by atoms with Crippen LogP contribution in [0.2, 0.25) is 0 Å². The van der Waals surface area contributed by atoms with Gasteiger partial charge in [-0.15, -0.1) is 0 Å². The lowest BCUT2D eigenvalue weighted by Crippen LogP contribution is -2.12. The molecule has 0 saturated carbocycles. The molecular formula is C3H3BrCl2O. The van der Waals surface area contributed by atoms with Gasteiger partial charge in [0.15, 0.2) is 5.78 Å². The van der Waals surface area contributed by atoms with Crippen LogP contribution in [-0.4, -0.2) is 9.03 Å². The third-order valence-electron chi connectivity index (χ3n) is 0.399. The first-order valence-corrected chi connectivity index (χ1v) is 3.07. The third-order valence-corrected chi connectivity index (χ3v) is 1.49. The molecule has 0 rings (SSSR count). The number of rotatable bonds is 1. The van der Waals surface area contributed by atoms with Crippen LogP contribution in [0.25, 0.3) is 0 Å². The molecule has 0 aromatic rings. The van der Waals surface area contributed by atoms with Gasteiger partial charge in [0.1, 0.15) is 0 Å². The number of carbonyl (C=O) groups excluding carboxylic acids is 1. The normalized spacial score (nSPS) is 11.4. The Morgan fingerprint density at radius 1 is 1.71 bits per heavy atom. The fourth-order valence-corrected chi connectivity index (χ4v) is 0. The minimum absolute atomic E-state index is 0.309. The summed E-state index contributed by atoms with van der Waals surface area (Å²) >= 11 is 13.1. The van der Waals surface area contributed by atoms with E-state index in [2.05, 4.69) is 15.9 Å². The maximum absolute atomic E-state index is 10.2. The number of alkyl halides is 3. The van der Waals surface area contributed by atoms with E-state index in [4.69, 9.17) is 23.2 Å². The van der Waals surface area contributed by atoms with Crippen LogP contribution in [0.15, 0.2) is 0 Å². The molecule has 0 N–H and O–H groups in total. The Hall–Kier alpha value is 0.730. The smallest absolute Gasteiger partial charge is 0.229 e. The van der Waals surface area contributed by atoms with Crippen molar-refractivity contribution in [3.05, 3.63) is 0 Å². The molecule has 0 aliphatic rings. The Bertz CT molecular complexity index is 85.4. The number of ketones is 1. The highest BCUT2D eigenvalue weighted by atomic mass is 79.9. The molecule has 0 fully saturated rings. The summed E-state index contributed by atoms with van der Waals surface area (Å²) in [4.78, 5) is 10.2. The van der Waals surface area contributed by atoms with E-state index in [0.717, 1.165) is 0 Å². The maximum atomic E-state index is 10.2. The quantitative estimate of drug-likeness (QED) is 0.600. The molecule has 0 aromatic carbocycles. The highest BCUT2D eigenvalue weighted by molar-refractivity contribution is 9.11. The van der Waals surface area contributed by atoms with Crippen molar-refractivity contribution in [3.63, 3.8) is 0 Å². The highest BCUT2D eigenvalue weighted by Gasteiger charge is 2.24. The zero-order chi connectivity index (χ0) is 6.08. The third kappa shape index (κ3) is 3.32. The van der Waals surface area contributed by atoms with Gasteiger partial charge < -0.3 is 0 Å². The SMILES string of the molecule is CC(=O)C(Cl)(Cl)Br. The first-order valence-electron chi connectivity index (χ1n) is 1.52. The van der Waals surface area contributed by atoms with Crippen LogP contribution in [0, 0.1) is 0 Å². The van der Waals surface area contributed by atoms with Crippen molar-refractivity contribution in [2.45, 2.75) is 10.2 Å². The molecule has 0 radical (unpaired) electrons. The zero-order valence-electron chi connectivity index (χ0n) is 3.54. The van der Waals surface area contributed by atoms with E-state index in [1.165, 1.54) is 6.92 Å². The topological polar surface area (TPSA) is 17.1 Å². The lowest BCUT2D eigenvalue weighted by atomic mass is 10.5. The van der Waals surface area contributed by atoms with Gasteiger partial charge in [0, 0.05) is 0 Å². The molecule has 0 bridgehead atoms. The van der Waals surface area contributed by atoms with E-state index in [1.807, 2.05) is 0 Å². The summed E-state index contributed by atoms with van der Waals surface area (Å²) in [7, 11) is 0. The minimum atomic E-state index is -1.38. The molecule has 0 aliphatic heterocycles. The number of hydrogen-bond donors (Lipinski definition) is 0. The molecular weight excluding hydrogens is 203 g/mol. The number of hydrogen-bond acceptors (Lipinski definition) is 1. The molecule has 0 atom stereocenters. The number of Topliss-reactive ketones (excluding diaryl/α,β-unsaturated/α-hetero) is 1. The summed E-state index contributed by atoms with van der Waals surface area (Å²) in [5, 5.41) is 0. The van der Waals surface area contributed by atoms with Gasteiger partial charge in [-0.1, -0.05) is 23.2 Å². The number of carbonyl (C=O) groups is 1. The number of halogens is 3. The van der Waals surface area contributed by atoms with Crippen molar-refractivity contribution in [1.82, 2.24) is 0 Å². The molecule has 0 saturated heterocycles. The van der Waals surface area contributed by atoms with E-state index >= 15 is 0 Å². The van der Waals surface area contributed by atoms with Gasteiger partial charge in [0.05, 0.1) is 0 Å². The van der Waals surface area contributed by atoms with E-state index < -0.39 is 3.24 Å². The summed E-state index contributed by atoms with van der Waals surface area (Å²) in [6.45, 7) is 1.30. The van der Waals surface area contributed by atoms with Crippen LogP contribution < -0.4 is 0 Å². The van der Waals surface area contributed by atoms with Crippen molar-refractivity contribution in [1.29, 1.82) is 0 Å². The van der Waals surface area contributed by atoms with Crippen LogP contribution in [0.1, 0.15) is 6.92 Å². The van der Waals surface area contributed by atoms with Gasteiger partial charge >= 0.3 is 0 Å². The minimum Gasteiger partial charge on any atom is -0.296 e. The predicted octanol–water partition coefficient (Wildman–Crippen LogP) is 2.10. The molecule has 0 spiro atoms. The summed E-state index contributed by atoms with van der Waals surface area (Å²) < 4.78 is -1.38. The average Bonchev–Trinajstić information content (AvgIpc) is 1.31. The first-order chi connectivity index (χ1) is 2.94. The van der Waals surface area contributed by atoms with Crippen molar-refractivity contribution in [3.8, 4) is 0 Å². The molecule has 4 heteroatoms. The molecule has 42 valence electrons. The fourth-order valence-electron chi connectivity index (χ4n) is 0. The van der Waals surface area contributed by atoms with Gasteiger partial charge in [-0.2, -0.15) is 0 Å². The van der Waals surface area contributed by atoms with Crippen molar-refractivity contribution in [2.24, 2.45) is 0 Å². The van der Waals surface area contributed by atoms with Gasteiger partial charge in [-0.25, -0.2) is 0 Å². The average molecular weight is 206 g/mol. The monoisotopic (exact) mass is 204 g/mol. The Morgan fingerprint density at radius 3 is 1.86 bits per heavy atom. The van der Waals surface area contributed by atoms with E-state index in [1.54, 1.807) is 0 Å². The maximum Gasteiger partial charge on any atom is 0.229 e. The molecule has 7 heavy (non-hydrogen) atoms. The molecule has 1 nitrogen and oxygen atoms in total. The summed E-state index contributed by atoms with van der Waals surface area (Å²) in [5.41, 5.74) is 0. The van der Waals surface area contributed by atoms with Crippen LogP contribution in [0.5, 0.6) is 0 Å². The van der Waals surface area contributed by atoms with Crippen molar-refractivity contribution >= 4 is 44.9 Å². The molecule has 0 amide bonds. The largest absolute Gasteiger partial charge is 0.296 e. The van der Waals surface area contributed by atoms with E-state index in [0.29, 0.717) is 0 Å². The Morgan fingerprint density at radius 2 is 1.86 bits per heavy atom. The van der Waals surface area contributed by atoms with Gasteiger partial charge in [-0.05, 0) is 22.9 Å². The summed E-state index contributed by atoms with van der Waals surface area (Å²) in [6.07, 6.45) is 0. The molecule has 0 aromatic heterocycles. The zero-order valence-corrected chi connectivity index (χ0v) is 6.64. The van der Waals surface area contributed by atoms with Crippen LogP contribution in [0.4, 0.5) is 0 Å². The highest BCUT2D eigenvalue weighted by Crippen LogP contribution is 2.28. The molecule has 0 aliphatic carbocycles. The fraction of sp³-hybridized carbons (Fsp3) is 0.667. The van der Waals surface area contributed by atoms with E-state index in [-0.39, 0.29) is 5.78 Å². The van der Waals surface area contributed by atoms with Gasteiger partial charge in [0.2, 0.25) is 3.24 Å². The second-order valence-electron chi connectivity index (χ2n) is 1.05. The Labute approximate surface area is 60.1 Å². The van der Waals surface area contributed by atoms with Crippen LogP contribution in [-0.2, 0) is 4.79 Å². The Kier molecular flexibility index (Phi) is 2.58. The van der Waals surface area contributed by atoms with Crippen molar-refractivity contribution in [2.75, 3.05) is 0 Å². The Balaban J connectivity index is 3.79. The summed E-state index contributed by atoms with van der Waals surface area (Å²) in [6, 6.07) is 0. The predicted molar refractivity (Wildman–Crippen MR) is 34.0 cm³/mol. The van der Waals surface area contributed by atoms with Gasteiger partial charge in [-0.3, -0.25) is 4.79 Å². The van der Waals surface area contributed by atoms with Crippen molar-refractivity contribution < 1.29 is 4.79 Å². The lowest BCUT2D eigenvalue weighted by Gasteiger charge is -2.02. The molecule has 0 heterocycles. The van der Waals surface area contributed by atoms with Crippen LogP contribution in [0.3, 0.4) is 0 Å². The first kappa shape index (κ1) is 7.73. The molecule has 0 unspecified atom stereocenters. The second-order valence-corrected chi connectivity index (χ2v) is 4.48.